The number of halogens is 1. The summed E-state index contributed by atoms with van der Waals surface area (Å²) in [5.41, 5.74) is 1.60. The van der Waals surface area contributed by atoms with Gasteiger partial charge in [0.15, 0.2) is 5.82 Å². The van der Waals surface area contributed by atoms with Crippen molar-refractivity contribution in [2.24, 2.45) is 0 Å². The minimum Gasteiger partial charge on any atom is -0.357 e. The average molecular weight is 261 g/mol. The number of pyridine rings is 1. The number of hydrogen-bond donors (Lipinski definition) is 2. The lowest BCUT2D eigenvalue weighted by molar-refractivity contribution is 1.06. The largest absolute Gasteiger partial charge is 0.357 e. The van der Waals surface area contributed by atoms with Crippen LogP contribution >= 0.6 is 11.6 Å². The molecule has 0 bridgehead atoms. The predicted molar refractivity (Wildman–Crippen MR) is 69.5 cm³/mol. The van der Waals surface area contributed by atoms with Crippen LogP contribution in [0.25, 0.3) is 22.4 Å². The summed E-state index contributed by atoms with van der Waals surface area (Å²) >= 11 is 5.95. The predicted octanol–water partition coefficient (Wildman–Crippen LogP) is 2.11. The van der Waals surface area contributed by atoms with Crippen molar-refractivity contribution in [3.8, 4) is 11.4 Å². The highest BCUT2D eigenvalue weighted by Gasteiger charge is 2.10. The number of nitrogens with one attached hydrogen (secondary N) is 2. The fraction of sp³-hybridized carbons (Fsp3) is 0.0909. The molecule has 90 valence electrons. The second kappa shape index (κ2) is 4.23. The van der Waals surface area contributed by atoms with Crippen molar-refractivity contribution < 1.29 is 0 Å². The molecule has 0 radical (unpaired) electrons. The first-order chi connectivity index (χ1) is 8.78. The van der Waals surface area contributed by atoms with Gasteiger partial charge in [0.25, 0.3) is 0 Å². The molecule has 3 heterocycles. The molecule has 0 amide bonds. The van der Waals surface area contributed by atoms with Crippen LogP contribution in [0.15, 0.2) is 24.8 Å². The van der Waals surface area contributed by atoms with Gasteiger partial charge < -0.3 is 10.3 Å². The second-order valence-electron chi connectivity index (χ2n) is 3.63. The van der Waals surface area contributed by atoms with E-state index in [0.29, 0.717) is 16.8 Å². The highest BCUT2D eigenvalue weighted by molar-refractivity contribution is 6.31. The third-order valence-electron chi connectivity index (χ3n) is 2.53. The minimum absolute atomic E-state index is 0.518. The molecule has 0 aliphatic heterocycles. The van der Waals surface area contributed by atoms with Crippen molar-refractivity contribution in [1.82, 2.24) is 24.9 Å². The van der Waals surface area contributed by atoms with Crippen LogP contribution < -0.4 is 5.32 Å². The Bertz CT molecular complexity index is 708. The van der Waals surface area contributed by atoms with Gasteiger partial charge in [0.05, 0.1) is 5.02 Å². The van der Waals surface area contributed by atoms with Gasteiger partial charge in [0.1, 0.15) is 12.0 Å². The Morgan fingerprint density at radius 2 is 2.17 bits per heavy atom. The van der Waals surface area contributed by atoms with Crippen LogP contribution in [-0.4, -0.2) is 32.0 Å². The van der Waals surface area contributed by atoms with E-state index in [9.17, 15) is 0 Å². The highest BCUT2D eigenvalue weighted by atomic mass is 35.5. The first-order valence-electron chi connectivity index (χ1n) is 5.27. The van der Waals surface area contributed by atoms with Crippen LogP contribution in [0.2, 0.25) is 5.02 Å². The van der Waals surface area contributed by atoms with E-state index in [1.807, 2.05) is 12.3 Å². The maximum Gasteiger partial charge on any atom is 0.225 e. The Kier molecular flexibility index (Phi) is 2.56. The smallest absolute Gasteiger partial charge is 0.225 e. The van der Waals surface area contributed by atoms with Gasteiger partial charge in [0, 0.05) is 30.4 Å². The lowest BCUT2D eigenvalue weighted by Gasteiger charge is -2.00. The minimum atomic E-state index is 0.518. The van der Waals surface area contributed by atoms with Crippen molar-refractivity contribution in [2.75, 3.05) is 12.4 Å². The summed E-state index contributed by atoms with van der Waals surface area (Å²) in [6.45, 7) is 0. The summed E-state index contributed by atoms with van der Waals surface area (Å²) in [6.07, 6.45) is 4.87. The first-order valence-corrected chi connectivity index (χ1v) is 5.65. The van der Waals surface area contributed by atoms with Crippen molar-refractivity contribution in [2.45, 2.75) is 0 Å². The molecule has 0 aromatic carbocycles. The van der Waals surface area contributed by atoms with Crippen LogP contribution in [0.4, 0.5) is 5.95 Å². The Morgan fingerprint density at radius 3 is 3.00 bits per heavy atom. The van der Waals surface area contributed by atoms with Gasteiger partial charge in [0.2, 0.25) is 5.95 Å². The molecule has 3 aromatic rings. The Labute approximate surface area is 107 Å². The third-order valence-corrected chi connectivity index (χ3v) is 2.74. The summed E-state index contributed by atoms with van der Waals surface area (Å²) in [5.74, 6) is 1.09. The molecular weight excluding hydrogens is 252 g/mol. The average Bonchev–Trinajstić information content (AvgIpc) is 2.81. The standard InChI is InChI=1S/C11H9ClN6/c1-13-11-17-5-16-10(18-11)8-4-15-9-7(8)2-6(12)3-14-9/h2-5H,1H3,(H,14,15)(H,13,16,17,18). The molecule has 2 N–H and O–H groups in total. The quantitative estimate of drug-likeness (QED) is 0.738. The van der Waals surface area contributed by atoms with Crippen LogP contribution in [0.1, 0.15) is 0 Å². The number of nitrogens with zero attached hydrogens (tertiary/aromatic N) is 4. The molecule has 0 aliphatic carbocycles. The fourth-order valence-electron chi connectivity index (χ4n) is 1.71. The lowest BCUT2D eigenvalue weighted by Crippen LogP contribution is -1.98. The zero-order valence-electron chi connectivity index (χ0n) is 9.48. The van der Waals surface area contributed by atoms with E-state index in [-0.39, 0.29) is 0 Å². The van der Waals surface area contributed by atoms with Crippen molar-refractivity contribution in [1.29, 1.82) is 0 Å². The SMILES string of the molecule is CNc1ncnc(-c2c[nH]c3ncc(Cl)cc23)n1. The van der Waals surface area contributed by atoms with Gasteiger partial charge >= 0.3 is 0 Å². The number of aromatic nitrogens is 5. The van der Waals surface area contributed by atoms with Crippen LogP contribution in [0.5, 0.6) is 0 Å². The van der Waals surface area contributed by atoms with E-state index in [1.165, 1.54) is 6.33 Å². The molecule has 3 rings (SSSR count). The number of aromatic amines is 1. The molecule has 0 fully saturated rings. The normalized spacial score (nSPS) is 10.8. The Balaban J connectivity index is 2.21. The van der Waals surface area contributed by atoms with Gasteiger partial charge in [-0.15, -0.1) is 0 Å². The first kappa shape index (κ1) is 10.9. The summed E-state index contributed by atoms with van der Waals surface area (Å²) in [4.78, 5) is 19.7. The van der Waals surface area contributed by atoms with Gasteiger partial charge in [-0.1, -0.05) is 11.6 Å². The Morgan fingerprint density at radius 1 is 1.28 bits per heavy atom. The lowest BCUT2D eigenvalue weighted by atomic mass is 10.2. The summed E-state index contributed by atoms with van der Waals surface area (Å²) in [7, 11) is 1.76. The van der Waals surface area contributed by atoms with E-state index >= 15 is 0 Å². The summed E-state index contributed by atoms with van der Waals surface area (Å²) in [5, 5.41) is 4.33. The van der Waals surface area contributed by atoms with E-state index in [0.717, 1.165) is 16.6 Å². The van der Waals surface area contributed by atoms with E-state index in [2.05, 4.69) is 30.2 Å². The summed E-state index contributed by atoms with van der Waals surface area (Å²) < 4.78 is 0. The molecule has 6 nitrogen and oxygen atoms in total. The fourth-order valence-corrected chi connectivity index (χ4v) is 1.87. The molecule has 18 heavy (non-hydrogen) atoms. The number of anilines is 1. The summed E-state index contributed by atoms with van der Waals surface area (Å²) in [6, 6.07) is 1.83. The van der Waals surface area contributed by atoms with Crippen LogP contribution in [0, 0.1) is 0 Å². The van der Waals surface area contributed by atoms with E-state index < -0.39 is 0 Å². The van der Waals surface area contributed by atoms with Gasteiger partial charge in [-0.3, -0.25) is 0 Å². The maximum absolute atomic E-state index is 5.95. The monoisotopic (exact) mass is 260 g/mol. The molecule has 0 atom stereocenters. The molecule has 0 aliphatic rings. The molecular formula is C11H9ClN6. The van der Waals surface area contributed by atoms with Gasteiger partial charge in [-0.05, 0) is 6.07 Å². The van der Waals surface area contributed by atoms with E-state index in [4.69, 9.17) is 11.6 Å². The van der Waals surface area contributed by atoms with Crippen molar-refractivity contribution in [3.05, 3.63) is 29.8 Å². The maximum atomic E-state index is 5.95. The molecule has 0 saturated heterocycles. The topological polar surface area (TPSA) is 79.4 Å². The Hall–Kier alpha value is -2.21. The molecule has 3 aromatic heterocycles. The highest BCUT2D eigenvalue weighted by Crippen LogP contribution is 2.26. The van der Waals surface area contributed by atoms with Gasteiger partial charge in [-0.25, -0.2) is 15.0 Å². The van der Waals surface area contributed by atoms with Crippen LogP contribution in [-0.2, 0) is 0 Å². The molecule has 0 spiro atoms. The zero-order valence-corrected chi connectivity index (χ0v) is 10.2. The number of H-pyrrole nitrogens is 1. The number of rotatable bonds is 2. The van der Waals surface area contributed by atoms with Gasteiger partial charge in [-0.2, -0.15) is 4.98 Å². The number of hydrogen-bond acceptors (Lipinski definition) is 5. The molecule has 7 heteroatoms. The van der Waals surface area contributed by atoms with Crippen molar-refractivity contribution >= 4 is 28.6 Å². The third kappa shape index (κ3) is 1.76. The van der Waals surface area contributed by atoms with E-state index in [1.54, 1.807) is 13.2 Å². The van der Waals surface area contributed by atoms with Crippen LogP contribution in [0.3, 0.4) is 0 Å². The number of fused-ring (bicyclic) bond motifs is 1. The molecule has 0 saturated carbocycles. The zero-order chi connectivity index (χ0) is 12.5. The van der Waals surface area contributed by atoms with Crippen molar-refractivity contribution in [3.63, 3.8) is 0 Å². The second-order valence-corrected chi connectivity index (χ2v) is 4.07. The molecule has 0 unspecified atom stereocenters.